The van der Waals surface area contributed by atoms with E-state index in [0.29, 0.717) is 62.4 Å². The average Bonchev–Trinajstić information content (AvgIpc) is 1.53. The van der Waals surface area contributed by atoms with Crippen molar-refractivity contribution in [2.75, 3.05) is 49.4 Å². The fraction of sp³-hybridized carbons (Fsp3) is 0.143. The summed E-state index contributed by atoms with van der Waals surface area (Å²) < 4.78 is 88.6. The lowest BCUT2D eigenvalue weighted by atomic mass is 9.67. The summed E-state index contributed by atoms with van der Waals surface area (Å²) in [5.74, 6) is -1.31. The Morgan fingerprint density at radius 2 is 0.602 bits per heavy atom. The minimum atomic E-state index is -0.891. The first-order valence-electron chi connectivity index (χ1n) is 37.1. The van der Waals surface area contributed by atoms with Gasteiger partial charge in [0.05, 0.1) is 72.7 Å². The quantitative estimate of drug-likeness (QED) is 0.0668. The zero-order valence-electron chi connectivity index (χ0n) is 59.9. The van der Waals surface area contributed by atoms with E-state index in [-0.39, 0.29) is 22.2 Å². The lowest BCUT2D eigenvalue weighted by molar-refractivity contribution is -0.133. The van der Waals surface area contributed by atoms with Crippen LogP contribution in [0.1, 0.15) is 71.2 Å². The highest BCUT2D eigenvalue weighted by atomic mass is 19.1. The molecule has 2 fully saturated rings. The summed E-state index contributed by atoms with van der Waals surface area (Å²) in [7, 11) is 0. The van der Waals surface area contributed by atoms with Crippen molar-refractivity contribution >= 4 is 34.1 Å². The normalized spacial score (nSPS) is 16.8. The van der Waals surface area contributed by atoms with Gasteiger partial charge in [0, 0.05) is 34.9 Å². The number of rotatable bonds is 21. The van der Waals surface area contributed by atoms with E-state index in [1.807, 2.05) is 94.7 Å². The molecule has 0 spiro atoms. The van der Waals surface area contributed by atoms with Crippen LogP contribution < -0.4 is 19.3 Å². The molecule has 6 nitrogen and oxygen atoms in total. The smallest absolute Gasteiger partial charge is 0.150 e. The highest BCUT2D eigenvalue weighted by Gasteiger charge is 2.49. The second-order valence-corrected chi connectivity index (χ2v) is 29.2. The molecule has 18 rings (SSSR count). The molecule has 0 saturated carbocycles. The van der Waals surface area contributed by atoms with Crippen molar-refractivity contribution in [3.8, 4) is 67.1 Å². The fourth-order valence-electron chi connectivity index (χ4n) is 16.9. The molecule has 0 aromatic heterocycles. The minimum absolute atomic E-state index is 0.0103. The number of hydrogen-bond donors (Lipinski definition) is 0. The topological polar surface area (TPSA) is 43.4 Å². The third-order valence-corrected chi connectivity index (χ3v) is 23.1. The molecule has 0 amide bonds. The maximum Gasteiger partial charge on any atom is 0.150 e. The van der Waals surface area contributed by atoms with E-state index in [9.17, 15) is 0 Å². The molecular formula is C98H76F4N2O4. The van der Waals surface area contributed by atoms with Gasteiger partial charge in [-0.1, -0.05) is 220 Å². The molecule has 2 unspecified atom stereocenters. The molecule has 4 aliphatic rings. The molecule has 2 aliphatic carbocycles. The minimum Gasteiger partial charge on any atom is -0.493 e. The lowest BCUT2D eigenvalue weighted by Gasteiger charge is -2.40. The molecule has 0 bridgehead atoms. The first kappa shape index (κ1) is 67.8. The zero-order chi connectivity index (χ0) is 73.1. The van der Waals surface area contributed by atoms with Crippen molar-refractivity contribution in [1.29, 1.82) is 0 Å². The number of benzene rings is 14. The van der Waals surface area contributed by atoms with E-state index in [1.165, 1.54) is 24.3 Å². The average molecular weight is 1420 g/mol. The van der Waals surface area contributed by atoms with Crippen LogP contribution in [0.3, 0.4) is 0 Å². The molecule has 0 radical (unpaired) electrons. The fourth-order valence-corrected chi connectivity index (χ4v) is 16.9. The maximum atomic E-state index is 16.9. The summed E-state index contributed by atoms with van der Waals surface area (Å²) in [6.07, 6.45) is 1.91. The molecule has 10 heteroatoms. The van der Waals surface area contributed by atoms with Crippen LogP contribution in [0.5, 0.6) is 11.5 Å². The van der Waals surface area contributed by atoms with Crippen LogP contribution in [-0.4, -0.2) is 39.6 Å². The summed E-state index contributed by atoms with van der Waals surface area (Å²) in [4.78, 5) is 3.72. The van der Waals surface area contributed by atoms with E-state index in [1.54, 1.807) is 0 Å². The first-order valence-corrected chi connectivity index (χ1v) is 37.1. The van der Waals surface area contributed by atoms with Gasteiger partial charge >= 0.3 is 0 Å². The standard InChI is InChI=1S/C98H76F4N2O4/c1-3-95(59-105-60-95)63-107-81-43-31-73(32-44-81)97(71-21-13-7-14-22-71)87-53-69(65-17-9-5-10-18-65)29-47-83(87)85-49-41-79(57-89(85)97)103(93-51-35-75(99)55-91(93)101)77-37-25-67(26-38-77)68-27-39-78(40-28-68)104(94-52-36-76(100)56-92(94)102)80-42-50-86-84-48-30-70(66-19-11-6-12-20-66)54-88(84)98(90(86)58-80,72-23-15-8-16-24-72)74-33-45-82(46-34-74)108-64-96(4-2)61-106-62-96/h5-58H,3-4,59-64H2,1-2H3. The number of halogens is 4. The maximum absolute atomic E-state index is 16.9. The first-order chi connectivity index (χ1) is 52.9. The van der Waals surface area contributed by atoms with Crippen LogP contribution in [0.4, 0.5) is 51.7 Å². The summed E-state index contributed by atoms with van der Waals surface area (Å²) >= 11 is 0. The third-order valence-electron chi connectivity index (χ3n) is 23.1. The second kappa shape index (κ2) is 27.7. The van der Waals surface area contributed by atoms with Gasteiger partial charge in [0.15, 0.2) is 0 Å². The predicted octanol–water partition coefficient (Wildman–Crippen LogP) is 24.5. The van der Waals surface area contributed by atoms with E-state index >= 15 is 17.6 Å². The van der Waals surface area contributed by atoms with Crippen molar-refractivity contribution in [3.05, 3.63) is 395 Å². The van der Waals surface area contributed by atoms with Gasteiger partial charge in [-0.15, -0.1) is 0 Å². The summed E-state index contributed by atoms with van der Waals surface area (Å²) in [6, 6.07) is 108. The number of nitrogens with zero attached hydrogens (tertiary/aromatic N) is 2. The van der Waals surface area contributed by atoms with Gasteiger partial charge in [0.25, 0.3) is 0 Å². The molecule has 108 heavy (non-hydrogen) atoms. The van der Waals surface area contributed by atoms with E-state index < -0.39 is 34.1 Å². The van der Waals surface area contributed by atoms with Gasteiger partial charge in [-0.2, -0.15) is 0 Å². The summed E-state index contributed by atoms with van der Waals surface area (Å²) in [5, 5.41) is 0. The van der Waals surface area contributed by atoms with E-state index in [2.05, 4.69) is 220 Å². The van der Waals surface area contributed by atoms with E-state index in [4.69, 9.17) is 18.9 Å². The Kier molecular flexibility index (Phi) is 17.4. The molecule has 530 valence electrons. The van der Waals surface area contributed by atoms with Crippen molar-refractivity contribution in [3.63, 3.8) is 0 Å². The highest BCUT2D eigenvalue weighted by Crippen LogP contribution is 2.61. The Morgan fingerprint density at radius 3 is 0.935 bits per heavy atom. The molecule has 2 saturated heterocycles. The Morgan fingerprint density at radius 1 is 0.296 bits per heavy atom. The molecule has 2 heterocycles. The van der Waals surface area contributed by atoms with Crippen LogP contribution in [0, 0.1) is 34.1 Å². The number of anilines is 6. The largest absolute Gasteiger partial charge is 0.493 e. The van der Waals surface area contributed by atoms with Gasteiger partial charge < -0.3 is 28.7 Å². The second-order valence-electron chi connectivity index (χ2n) is 29.2. The van der Waals surface area contributed by atoms with Gasteiger partial charge in [-0.3, -0.25) is 0 Å². The summed E-state index contributed by atoms with van der Waals surface area (Å²) in [6.45, 7) is 8.17. The number of hydrogen-bond acceptors (Lipinski definition) is 6. The third kappa shape index (κ3) is 11.6. The van der Waals surface area contributed by atoms with Crippen LogP contribution >= 0.6 is 0 Å². The predicted molar refractivity (Wildman–Crippen MR) is 425 cm³/mol. The molecule has 2 aliphatic heterocycles. The number of fused-ring (bicyclic) bond motifs is 6. The molecule has 14 aromatic rings. The lowest BCUT2D eigenvalue weighted by Crippen LogP contribution is -2.46. The van der Waals surface area contributed by atoms with Crippen LogP contribution in [-0.2, 0) is 20.3 Å². The van der Waals surface area contributed by atoms with Gasteiger partial charge in [-0.05, 0) is 222 Å². The monoisotopic (exact) mass is 1420 g/mol. The Balaban J connectivity index is 0.732. The van der Waals surface area contributed by atoms with Gasteiger partial charge in [-0.25, -0.2) is 17.6 Å². The molecular weight excluding hydrogens is 1350 g/mol. The molecule has 2 atom stereocenters. The van der Waals surface area contributed by atoms with Crippen LogP contribution in [0.25, 0.3) is 55.6 Å². The Bertz CT molecular complexity index is 5300. The van der Waals surface area contributed by atoms with E-state index in [0.717, 1.165) is 137 Å². The van der Waals surface area contributed by atoms with Crippen molar-refractivity contribution < 1.29 is 36.5 Å². The van der Waals surface area contributed by atoms with Crippen molar-refractivity contribution in [1.82, 2.24) is 0 Å². The van der Waals surface area contributed by atoms with Gasteiger partial charge in [0.1, 0.15) is 34.8 Å². The van der Waals surface area contributed by atoms with Crippen molar-refractivity contribution in [2.45, 2.75) is 37.5 Å². The van der Waals surface area contributed by atoms with Crippen molar-refractivity contribution in [2.24, 2.45) is 10.8 Å². The number of ether oxygens (including phenoxy) is 4. The van der Waals surface area contributed by atoms with Crippen LogP contribution in [0.15, 0.2) is 328 Å². The highest BCUT2D eigenvalue weighted by molar-refractivity contribution is 5.94. The van der Waals surface area contributed by atoms with Crippen LogP contribution in [0.2, 0.25) is 0 Å². The SMILES string of the molecule is CCC1(COc2ccc(C3(c4ccccc4)c4cc(-c5ccccc5)ccc4-c4ccc(N(c5ccc(-c6ccc(N(c7ccc8c(c7)C(c7ccccc7)(c7ccc(OCC9(CC)COC9)cc7)c7cc(-c9ccccc9)ccc7-8)c7ccc(F)cc7F)cc6)cc5)c5ccc(F)cc5F)cc43)cc2)COC1. The summed E-state index contributed by atoms with van der Waals surface area (Å²) in [5.41, 5.74) is 19.6. The zero-order valence-corrected chi connectivity index (χ0v) is 59.9. The Labute approximate surface area is 627 Å². The Hall–Kier alpha value is -12.1. The van der Waals surface area contributed by atoms with Gasteiger partial charge in [0.2, 0.25) is 0 Å². The molecule has 0 N–H and O–H groups in total. The molecule has 14 aromatic carbocycles.